The molecule has 0 bridgehead atoms. The number of hydrogen-bond acceptors (Lipinski definition) is 2. The van der Waals surface area contributed by atoms with Crippen molar-refractivity contribution in [3.05, 3.63) is 17.6 Å². The molecule has 0 aliphatic carbocycles. The molecule has 36 valence electrons. The van der Waals surface area contributed by atoms with Crippen LogP contribution < -0.4 is 0 Å². The molecule has 0 aromatic rings. The Morgan fingerprint density at radius 2 is 1.83 bits per heavy atom. The summed E-state index contributed by atoms with van der Waals surface area (Å²) in [6.45, 7) is 5.25. The first-order chi connectivity index (χ1) is 2.83. The van der Waals surface area contributed by atoms with E-state index in [-0.39, 0.29) is 0 Å². The van der Waals surface area contributed by atoms with Crippen molar-refractivity contribution < 1.29 is 0 Å². The predicted octanol–water partition coefficient (Wildman–Crippen LogP) is 1.57. The predicted molar refractivity (Wildman–Crippen MR) is 27.6 cm³/mol. The fourth-order valence-electron chi connectivity index (χ4n) is 0. The van der Waals surface area contributed by atoms with E-state index >= 15 is 0 Å². The molecule has 0 amide bonds. The summed E-state index contributed by atoms with van der Waals surface area (Å²) in [7, 11) is 1.19. The monoisotopic (exact) mass is 87.1 g/mol. The van der Waals surface area contributed by atoms with E-state index in [1.807, 2.05) is 6.92 Å². The number of rotatable bonds is 0. The van der Waals surface area contributed by atoms with Crippen LogP contribution in [0.1, 0.15) is 6.92 Å². The van der Waals surface area contributed by atoms with Gasteiger partial charge in [0.25, 0.3) is 0 Å². The fraction of sp³-hybridized carbons (Fsp3) is 0.500. The molecule has 0 saturated heterocycles. The lowest BCUT2D eigenvalue weighted by Crippen LogP contribution is -1.21. The van der Waals surface area contributed by atoms with Gasteiger partial charge in [0, 0.05) is 0 Å². The molecule has 2 nitrogen and oxygen atoms in total. The van der Waals surface area contributed by atoms with Gasteiger partial charge in [-0.1, -0.05) is 11.3 Å². The molecule has 0 atom stereocenters. The standard InChI is InChI=1S/C3H6.CH3NO/c1-3-2;1-2-3/h3H,1H2,2H3;1H3. The van der Waals surface area contributed by atoms with Gasteiger partial charge in [0.2, 0.25) is 0 Å². The van der Waals surface area contributed by atoms with Crippen LogP contribution in [-0.4, -0.2) is 7.05 Å². The zero-order chi connectivity index (χ0) is 5.41. The van der Waals surface area contributed by atoms with Gasteiger partial charge in [0.1, 0.15) is 0 Å². The molecule has 0 aliphatic heterocycles. The Labute approximate surface area is 37.8 Å². The van der Waals surface area contributed by atoms with Crippen LogP contribution in [0.25, 0.3) is 0 Å². The summed E-state index contributed by atoms with van der Waals surface area (Å²) in [5.74, 6) is 0. The third-order valence-electron chi connectivity index (χ3n) is 0. The molecule has 0 heterocycles. The van der Waals surface area contributed by atoms with Crippen LogP contribution in [0.15, 0.2) is 17.8 Å². The van der Waals surface area contributed by atoms with Gasteiger partial charge in [0.05, 0.1) is 7.05 Å². The lowest BCUT2D eigenvalue weighted by molar-refractivity contribution is 1.42. The quantitative estimate of drug-likeness (QED) is 0.326. The molecule has 0 aromatic heterocycles. The Bertz CT molecular complexity index is 28.5. The lowest BCUT2D eigenvalue weighted by Gasteiger charge is -1.31. The highest BCUT2D eigenvalue weighted by atomic mass is 16.2. The van der Waals surface area contributed by atoms with E-state index in [9.17, 15) is 0 Å². The molecule has 0 unspecified atom stereocenters. The lowest BCUT2D eigenvalue weighted by atomic mass is 10.8. The third-order valence-corrected chi connectivity index (χ3v) is 0. The Morgan fingerprint density at radius 1 is 1.83 bits per heavy atom. The summed E-state index contributed by atoms with van der Waals surface area (Å²) in [5, 5.41) is 2.25. The molecule has 0 aliphatic rings. The number of nitroso groups, excluding NO2 is 1. The third kappa shape index (κ3) is 42.0. The number of hydrogen-bond donors (Lipinski definition) is 0. The van der Waals surface area contributed by atoms with Crippen LogP contribution in [0.3, 0.4) is 0 Å². The van der Waals surface area contributed by atoms with Gasteiger partial charge in [-0.25, -0.2) is 0 Å². The van der Waals surface area contributed by atoms with E-state index < -0.39 is 0 Å². The minimum Gasteiger partial charge on any atom is -0.151 e. The number of nitrogens with zero attached hydrogens (tertiary/aromatic N) is 1. The highest BCUT2D eigenvalue weighted by molar-refractivity contribution is 4.51. The van der Waals surface area contributed by atoms with Crippen LogP contribution in [0.2, 0.25) is 0 Å². The maximum atomic E-state index is 8.56. The molecular formula is C4H9NO. The highest BCUT2D eigenvalue weighted by Crippen LogP contribution is 1.38. The van der Waals surface area contributed by atoms with Gasteiger partial charge >= 0.3 is 0 Å². The molecule has 0 spiro atoms. The maximum absolute atomic E-state index is 8.56. The molecule has 6 heavy (non-hydrogen) atoms. The molecule has 0 fully saturated rings. The van der Waals surface area contributed by atoms with Crippen molar-refractivity contribution in [2.45, 2.75) is 6.92 Å². The molecule has 0 aromatic carbocycles. The van der Waals surface area contributed by atoms with Crippen LogP contribution in [-0.2, 0) is 0 Å². The first-order valence-electron chi connectivity index (χ1n) is 1.62. The minimum absolute atomic E-state index is 1.19. The normalized spacial score (nSPS) is 4.33. The average molecular weight is 87.1 g/mol. The van der Waals surface area contributed by atoms with Crippen molar-refractivity contribution in [2.75, 3.05) is 7.05 Å². The SMILES string of the molecule is C=CC.CN=O. The van der Waals surface area contributed by atoms with E-state index in [2.05, 4.69) is 11.8 Å². The summed E-state index contributed by atoms with van der Waals surface area (Å²) in [6, 6.07) is 0. The van der Waals surface area contributed by atoms with Gasteiger partial charge in [-0.15, -0.1) is 6.58 Å². The van der Waals surface area contributed by atoms with Gasteiger partial charge in [-0.05, 0) is 6.92 Å². The Hall–Kier alpha value is -0.660. The van der Waals surface area contributed by atoms with E-state index in [0.29, 0.717) is 0 Å². The largest absolute Gasteiger partial charge is 0.151 e. The first kappa shape index (κ1) is 9.02. The molecule has 2 heteroatoms. The van der Waals surface area contributed by atoms with Crippen molar-refractivity contribution >= 4 is 0 Å². The zero-order valence-electron chi connectivity index (χ0n) is 4.14. The molecular weight excluding hydrogens is 78.0 g/mol. The second-order valence-electron chi connectivity index (χ2n) is 0.591. The minimum atomic E-state index is 1.19. The topological polar surface area (TPSA) is 29.4 Å². The molecule has 0 saturated carbocycles. The summed E-state index contributed by atoms with van der Waals surface area (Å²) < 4.78 is 0. The van der Waals surface area contributed by atoms with E-state index in [1.165, 1.54) is 7.05 Å². The Kier molecular flexibility index (Phi) is 40.5. The van der Waals surface area contributed by atoms with Crippen molar-refractivity contribution in [1.29, 1.82) is 0 Å². The molecule has 0 rings (SSSR count). The summed E-state index contributed by atoms with van der Waals surface area (Å²) >= 11 is 0. The summed E-state index contributed by atoms with van der Waals surface area (Å²) in [5.41, 5.74) is 0. The van der Waals surface area contributed by atoms with Gasteiger partial charge in [0.15, 0.2) is 0 Å². The second kappa shape index (κ2) is 27.0. The smallest absolute Gasteiger partial charge is 0.0700 e. The van der Waals surface area contributed by atoms with Crippen molar-refractivity contribution in [1.82, 2.24) is 0 Å². The Balaban J connectivity index is 0. The second-order valence-corrected chi connectivity index (χ2v) is 0.591. The molecule has 0 N–H and O–H groups in total. The van der Waals surface area contributed by atoms with Crippen LogP contribution in [0, 0.1) is 4.91 Å². The summed E-state index contributed by atoms with van der Waals surface area (Å²) in [6.07, 6.45) is 1.75. The van der Waals surface area contributed by atoms with Gasteiger partial charge in [-0.2, -0.15) is 4.91 Å². The summed E-state index contributed by atoms with van der Waals surface area (Å²) in [4.78, 5) is 8.56. The van der Waals surface area contributed by atoms with Crippen molar-refractivity contribution in [2.24, 2.45) is 5.18 Å². The Morgan fingerprint density at radius 3 is 1.83 bits per heavy atom. The van der Waals surface area contributed by atoms with Crippen molar-refractivity contribution in [3.8, 4) is 0 Å². The zero-order valence-corrected chi connectivity index (χ0v) is 4.14. The van der Waals surface area contributed by atoms with Gasteiger partial charge in [-0.3, -0.25) is 0 Å². The fourth-order valence-corrected chi connectivity index (χ4v) is 0. The van der Waals surface area contributed by atoms with Crippen molar-refractivity contribution in [3.63, 3.8) is 0 Å². The van der Waals surface area contributed by atoms with E-state index in [1.54, 1.807) is 6.08 Å². The van der Waals surface area contributed by atoms with E-state index in [4.69, 9.17) is 4.91 Å². The highest BCUT2D eigenvalue weighted by Gasteiger charge is 1.19. The van der Waals surface area contributed by atoms with Gasteiger partial charge < -0.3 is 0 Å². The maximum Gasteiger partial charge on any atom is 0.0700 e. The van der Waals surface area contributed by atoms with E-state index in [0.717, 1.165) is 0 Å². The first-order valence-corrected chi connectivity index (χ1v) is 1.62. The van der Waals surface area contributed by atoms with Crippen LogP contribution >= 0.6 is 0 Å². The molecule has 0 radical (unpaired) electrons. The number of allylic oxidation sites excluding steroid dienone is 1. The average Bonchev–Trinajstić information content (AvgIpc) is 1.39. The van der Waals surface area contributed by atoms with Crippen LogP contribution in [0.5, 0.6) is 0 Å². The van der Waals surface area contributed by atoms with Crippen LogP contribution in [0.4, 0.5) is 0 Å².